The molecule has 12 heteroatoms. The molecule has 0 radical (unpaired) electrons. The Bertz CT molecular complexity index is 1900. The molecule has 1 aliphatic heterocycles. The van der Waals surface area contributed by atoms with Crippen LogP contribution in [0.5, 0.6) is 11.5 Å². The van der Waals surface area contributed by atoms with Gasteiger partial charge in [-0.05, 0) is 61.9 Å². The van der Waals surface area contributed by atoms with Crippen LogP contribution in [-0.4, -0.2) is 41.9 Å². The standard InChI is InChI=1S/C30H25ClN2O8S/c1-4-39-23-10-7-16(13-24(23)40-5-2)26-20(29(37)38-3)15-32-30-33(26)27(34)25(42-30)14-18-8-11-22(41-18)19-12-17(28(35)36)6-9-21(19)31/h6-15,26H,4-5H2,1-3H3,(H,35,36)/b25-14-/t26-/m0/s1. The molecule has 0 saturated carbocycles. The lowest BCUT2D eigenvalue weighted by Crippen LogP contribution is -2.39. The minimum Gasteiger partial charge on any atom is -0.490 e. The summed E-state index contributed by atoms with van der Waals surface area (Å²) in [7, 11) is 1.27. The van der Waals surface area contributed by atoms with E-state index >= 15 is 0 Å². The first-order chi connectivity index (χ1) is 20.2. The average Bonchev–Trinajstić information content (AvgIpc) is 3.57. The molecule has 4 aromatic rings. The maximum Gasteiger partial charge on any atom is 0.337 e. The van der Waals surface area contributed by atoms with Gasteiger partial charge in [0.15, 0.2) is 16.3 Å². The minimum absolute atomic E-state index is 0.0591. The van der Waals surface area contributed by atoms with Crippen LogP contribution in [0.15, 0.2) is 74.5 Å². The quantitative estimate of drug-likeness (QED) is 0.276. The van der Waals surface area contributed by atoms with E-state index in [1.54, 1.807) is 36.4 Å². The zero-order chi connectivity index (χ0) is 30.0. The SMILES string of the molecule is CCOc1ccc([C@H]2C(C(=O)OC)=CN=c3s/c(=C\c4ccc(-c5cc(C(=O)O)ccc5Cl)o4)c(=O)n32)cc1OCC. The van der Waals surface area contributed by atoms with Gasteiger partial charge >= 0.3 is 11.9 Å². The number of thiazole rings is 1. The van der Waals surface area contributed by atoms with Crippen LogP contribution >= 0.6 is 22.9 Å². The van der Waals surface area contributed by atoms with Gasteiger partial charge in [-0.3, -0.25) is 9.36 Å². The van der Waals surface area contributed by atoms with Crippen LogP contribution in [0.3, 0.4) is 0 Å². The second-order valence-electron chi connectivity index (χ2n) is 8.95. The van der Waals surface area contributed by atoms with E-state index in [1.807, 2.05) is 13.8 Å². The van der Waals surface area contributed by atoms with Gasteiger partial charge in [0.05, 0.1) is 47.1 Å². The molecule has 216 valence electrons. The van der Waals surface area contributed by atoms with Gasteiger partial charge in [-0.1, -0.05) is 29.0 Å². The van der Waals surface area contributed by atoms with E-state index in [0.717, 1.165) is 11.3 Å². The molecule has 42 heavy (non-hydrogen) atoms. The highest BCUT2D eigenvalue weighted by molar-refractivity contribution is 7.07. The smallest absolute Gasteiger partial charge is 0.337 e. The van der Waals surface area contributed by atoms with Crippen LogP contribution < -0.4 is 24.4 Å². The normalized spacial score (nSPS) is 14.5. The van der Waals surface area contributed by atoms with Crippen molar-refractivity contribution in [3.05, 3.63) is 102 Å². The number of aromatic carboxylic acids is 1. The number of carboxylic acids is 1. The minimum atomic E-state index is -1.09. The number of methoxy groups -OCH3 is 1. The third-order valence-corrected chi connectivity index (χ3v) is 7.71. The van der Waals surface area contributed by atoms with Gasteiger partial charge in [-0.2, -0.15) is 0 Å². The summed E-state index contributed by atoms with van der Waals surface area (Å²) in [5, 5.41) is 9.66. The van der Waals surface area contributed by atoms with Crippen molar-refractivity contribution in [2.75, 3.05) is 20.3 Å². The molecule has 10 nitrogen and oxygen atoms in total. The van der Waals surface area contributed by atoms with Crippen LogP contribution in [0.2, 0.25) is 5.02 Å². The van der Waals surface area contributed by atoms with Crippen molar-refractivity contribution in [2.24, 2.45) is 4.99 Å². The zero-order valence-corrected chi connectivity index (χ0v) is 24.3. The van der Waals surface area contributed by atoms with Crippen molar-refractivity contribution in [2.45, 2.75) is 19.9 Å². The van der Waals surface area contributed by atoms with Gasteiger partial charge in [-0.15, -0.1) is 0 Å². The third kappa shape index (κ3) is 5.48. The maximum absolute atomic E-state index is 13.8. The molecule has 2 aromatic heterocycles. The van der Waals surface area contributed by atoms with Crippen molar-refractivity contribution < 1.29 is 33.3 Å². The molecule has 0 fully saturated rings. The molecule has 1 aliphatic rings. The summed E-state index contributed by atoms with van der Waals surface area (Å²) in [6.07, 6.45) is 2.97. The monoisotopic (exact) mass is 608 g/mol. The fraction of sp³-hybridized carbons (Fsp3) is 0.200. The van der Waals surface area contributed by atoms with Crippen LogP contribution in [0.4, 0.5) is 0 Å². The molecule has 0 amide bonds. The second-order valence-corrected chi connectivity index (χ2v) is 10.4. The van der Waals surface area contributed by atoms with Crippen molar-refractivity contribution in [1.29, 1.82) is 0 Å². The summed E-state index contributed by atoms with van der Waals surface area (Å²) < 4.78 is 24.1. The van der Waals surface area contributed by atoms with E-state index in [2.05, 4.69) is 4.99 Å². The number of hydrogen-bond donors (Lipinski definition) is 1. The van der Waals surface area contributed by atoms with Crippen molar-refractivity contribution in [3.8, 4) is 22.8 Å². The Morgan fingerprint density at radius 2 is 1.86 bits per heavy atom. The molecule has 0 aliphatic carbocycles. The molecule has 0 bridgehead atoms. The molecule has 1 N–H and O–H groups in total. The fourth-order valence-corrected chi connectivity index (χ4v) is 5.70. The molecular formula is C30H25ClN2O8S. The zero-order valence-electron chi connectivity index (χ0n) is 22.8. The largest absolute Gasteiger partial charge is 0.490 e. The van der Waals surface area contributed by atoms with Gasteiger partial charge in [0, 0.05) is 17.8 Å². The van der Waals surface area contributed by atoms with E-state index < -0.39 is 23.5 Å². The number of carboxylic acid groups (broad SMARTS) is 1. The number of carbonyl (C=O) groups is 2. The number of halogens is 1. The molecule has 2 aromatic carbocycles. The third-order valence-electron chi connectivity index (χ3n) is 6.39. The Labute approximate surface area is 248 Å². The van der Waals surface area contributed by atoms with E-state index in [9.17, 15) is 19.5 Å². The Hall–Kier alpha value is -4.61. The number of fused-ring (bicyclic) bond motifs is 1. The lowest BCUT2D eigenvalue weighted by Gasteiger charge is -2.23. The predicted octanol–water partition coefficient (Wildman–Crippen LogP) is 4.43. The first-order valence-corrected chi connectivity index (χ1v) is 14.1. The van der Waals surface area contributed by atoms with Gasteiger partial charge in [0.2, 0.25) is 0 Å². The number of aromatic nitrogens is 1. The summed E-state index contributed by atoms with van der Waals surface area (Å²) in [6, 6.07) is 12.0. The number of nitrogens with zero attached hydrogens (tertiary/aromatic N) is 2. The van der Waals surface area contributed by atoms with Crippen LogP contribution in [0, 0.1) is 0 Å². The first kappa shape index (κ1) is 28.9. The van der Waals surface area contributed by atoms with Gasteiger partial charge in [0.25, 0.3) is 5.56 Å². The second kappa shape index (κ2) is 12.1. The number of ether oxygens (including phenoxy) is 3. The first-order valence-electron chi connectivity index (χ1n) is 12.9. The lowest BCUT2D eigenvalue weighted by molar-refractivity contribution is -0.136. The maximum atomic E-state index is 13.8. The number of hydrogen-bond acceptors (Lipinski definition) is 9. The predicted molar refractivity (Wildman–Crippen MR) is 156 cm³/mol. The molecule has 5 rings (SSSR count). The highest BCUT2D eigenvalue weighted by atomic mass is 35.5. The van der Waals surface area contributed by atoms with Crippen molar-refractivity contribution in [3.63, 3.8) is 0 Å². The summed E-state index contributed by atoms with van der Waals surface area (Å²) in [6.45, 7) is 4.54. The van der Waals surface area contributed by atoms with Crippen LogP contribution in [-0.2, 0) is 9.53 Å². The highest BCUT2D eigenvalue weighted by Crippen LogP contribution is 2.35. The summed E-state index contributed by atoms with van der Waals surface area (Å²) in [5.74, 6) is -0.0133. The topological polar surface area (TPSA) is 130 Å². The van der Waals surface area contributed by atoms with Crippen LogP contribution in [0.25, 0.3) is 17.4 Å². The Morgan fingerprint density at radius 1 is 1.10 bits per heavy atom. The van der Waals surface area contributed by atoms with E-state index in [1.165, 1.54) is 36.1 Å². The van der Waals surface area contributed by atoms with Gasteiger partial charge < -0.3 is 23.7 Å². The lowest BCUT2D eigenvalue weighted by atomic mass is 9.97. The van der Waals surface area contributed by atoms with Gasteiger partial charge in [-0.25, -0.2) is 14.6 Å². The number of rotatable bonds is 9. The molecule has 1 atom stereocenters. The molecule has 0 spiro atoms. The summed E-state index contributed by atoms with van der Waals surface area (Å²) in [4.78, 5) is 42.8. The molecule has 0 unspecified atom stereocenters. The molecule has 0 saturated heterocycles. The van der Waals surface area contributed by atoms with E-state index in [4.69, 9.17) is 30.2 Å². The number of carbonyl (C=O) groups excluding carboxylic acids is 1. The van der Waals surface area contributed by atoms with E-state index in [0.29, 0.717) is 61.7 Å². The number of esters is 1. The Morgan fingerprint density at radius 3 is 2.57 bits per heavy atom. The Kier molecular flexibility index (Phi) is 8.32. The fourth-order valence-electron chi connectivity index (χ4n) is 4.54. The van der Waals surface area contributed by atoms with Crippen molar-refractivity contribution >= 4 is 41.0 Å². The number of furan rings is 1. The average molecular weight is 609 g/mol. The summed E-state index contributed by atoms with van der Waals surface area (Å²) in [5.41, 5.74) is 0.851. The van der Waals surface area contributed by atoms with Crippen LogP contribution in [0.1, 0.15) is 41.6 Å². The van der Waals surface area contributed by atoms with Crippen molar-refractivity contribution in [1.82, 2.24) is 4.57 Å². The molecular weight excluding hydrogens is 584 g/mol. The molecule has 3 heterocycles. The van der Waals surface area contributed by atoms with Gasteiger partial charge in [0.1, 0.15) is 11.5 Å². The summed E-state index contributed by atoms with van der Waals surface area (Å²) >= 11 is 7.42. The number of benzene rings is 2. The highest BCUT2D eigenvalue weighted by Gasteiger charge is 2.31. The van der Waals surface area contributed by atoms with E-state index in [-0.39, 0.29) is 11.1 Å². The Balaban J connectivity index is 1.61.